The lowest BCUT2D eigenvalue weighted by molar-refractivity contribution is -0.159. The SMILES string of the molecule is O=C1NC[C@H](CCCCN2C[C@H](Cc3ccc(O)cc3)N(CC3CCCCC3)C(=O)C2=O)N(Cc2ccccc2)C1=O. The van der Waals surface area contributed by atoms with Crippen LogP contribution in [0.25, 0.3) is 0 Å². The minimum atomic E-state index is -0.572. The number of carbonyl (C=O) groups is 4. The summed E-state index contributed by atoms with van der Waals surface area (Å²) in [5.41, 5.74) is 2.00. The summed E-state index contributed by atoms with van der Waals surface area (Å²) >= 11 is 0. The molecule has 3 fully saturated rings. The van der Waals surface area contributed by atoms with Gasteiger partial charge >= 0.3 is 23.6 Å². The van der Waals surface area contributed by atoms with Gasteiger partial charge in [0.05, 0.1) is 6.04 Å². The molecule has 1 saturated carbocycles. The van der Waals surface area contributed by atoms with Crippen LogP contribution in [0.1, 0.15) is 62.5 Å². The van der Waals surface area contributed by atoms with Gasteiger partial charge in [0, 0.05) is 38.8 Å². The summed E-state index contributed by atoms with van der Waals surface area (Å²) in [5, 5.41) is 12.4. The van der Waals surface area contributed by atoms with Gasteiger partial charge in [0.25, 0.3) is 0 Å². The lowest BCUT2D eigenvalue weighted by atomic mass is 9.88. The molecule has 2 atom stereocenters. The fourth-order valence-corrected chi connectivity index (χ4v) is 6.63. The predicted molar refractivity (Wildman–Crippen MR) is 158 cm³/mol. The number of piperazine rings is 2. The molecule has 0 bridgehead atoms. The van der Waals surface area contributed by atoms with E-state index in [1.165, 1.54) is 19.3 Å². The van der Waals surface area contributed by atoms with E-state index < -0.39 is 23.6 Å². The van der Waals surface area contributed by atoms with Gasteiger partial charge in [0.15, 0.2) is 0 Å². The first-order valence-electron chi connectivity index (χ1n) is 15.4. The van der Waals surface area contributed by atoms with Gasteiger partial charge in [0.2, 0.25) is 0 Å². The summed E-state index contributed by atoms with van der Waals surface area (Å²) < 4.78 is 0. The third-order valence-electron chi connectivity index (χ3n) is 9.00. The maximum atomic E-state index is 13.4. The molecular weight excluding hydrogens is 532 g/mol. The molecule has 9 heteroatoms. The van der Waals surface area contributed by atoms with E-state index in [1.54, 1.807) is 21.9 Å². The van der Waals surface area contributed by atoms with Crippen molar-refractivity contribution >= 4 is 23.6 Å². The monoisotopic (exact) mass is 574 g/mol. The fraction of sp³-hybridized carbons (Fsp3) is 0.515. The zero-order valence-electron chi connectivity index (χ0n) is 24.2. The first-order chi connectivity index (χ1) is 20.4. The molecule has 3 aliphatic rings. The zero-order chi connectivity index (χ0) is 29.5. The molecule has 0 aromatic heterocycles. The number of aromatic hydroxyl groups is 1. The molecule has 2 aliphatic heterocycles. The van der Waals surface area contributed by atoms with Crippen LogP contribution in [0.15, 0.2) is 54.6 Å². The van der Waals surface area contributed by atoms with Gasteiger partial charge < -0.3 is 25.1 Å². The number of unbranched alkanes of at least 4 members (excludes halogenated alkanes) is 1. The predicted octanol–water partition coefficient (Wildman–Crippen LogP) is 3.25. The van der Waals surface area contributed by atoms with Crippen LogP contribution in [0, 0.1) is 5.92 Å². The zero-order valence-corrected chi connectivity index (χ0v) is 24.2. The number of nitrogens with zero attached hydrogens (tertiary/aromatic N) is 3. The van der Waals surface area contributed by atoms with E-state index in [0.29, 0.717) is 57.9 Å². The van der Waals surface area contributed by atoms with E-state index in [1.807, 2.05) is 47.4 Å². The van der Waals surface area contributed by atoms with Crippen LogP contribution in [0.5, 0.6) is 5.75 Å². The molecule has 2 aromatic carbocycles. The highest BCUT2D eigenvalue weighted by Gasteiger charge is 2.40. The fourth-order valence-electron chi connectivity index (χ4n) is 6.63. The van der Waals surface area contributed by atoms with Crippen LogP contribution >= 0.6 is 0 Å². The third kappa shape index (κ3) is 7.30. The number of rotatable bonds is 11. The van der Waals surface area contributed by atoms with Gasteiger partial charge in [-0.25, -0.2) is 0 Å². The molecule has 42 heavy (non-hydrogen) atoms. The number of phenols is 1. The van der Waals surface area contributed by atoms with Gasteiger partial charge in [-0.3, -0.25) is 19.2 Å². The van der Waals surface area contributed by atoms with Crippen LogP contribution in [0.4, 0.5) is 0 Å². The quantitative estimate of drug-likeness (QED) is 0.316. The largest absolute Gasteiger partial charge is 0.508 e. The maximum Gasteiger partial charge on any atom is 0.312 e. The topological polar surface area (TPSA) is 110 Å². The van der Waals surface area contributed by atoms with E-state index >= 15 is 0 Å². The molecule has 0 spiro atoms. The number of nitrogens with one attached hydrogen (secondary N) is 1. The lowest BCUT2D eigenvalue weighted by Gasteiger charge is -2.42. The molecule has 2 N–H and O–H groups in total. The Hall–Kier alpha value is -3.88. The van der Waals surface area contributed by atoms with Gasteiger partial charge in [-0.15, -0.1) is 0 Å². The van der Waals surface area contributed by atoms with Crippen molar-refractivity contribution < 1.29 is 24.3 Å². The van der Waals surface area contributed by atoms with E-state index in [0.717, 1.165) is 30.4 Å². The molecule has 2 aromatic rings. The van der Waals surface area contributed by atoms with Crippen LogP contribution in [-0.2, 0) is 32.1 Å². The second-order valence-electron chi connectivity index (χ2n) is 12.0. The Bertz CT molecular complexity index is 1240. The molecule has 1 aliphatic carbocycles. The number of amides is 4. The summed E-state index contributed by atoms with van der Waals surface area (Å²) in [4.78, 5) is 56.6. The van der Waals surface area contributed by atoms with E-state index in [4.69, 9.17) is 0 Å². The molecule has 4 amide bonds. The van der Waals surface area contributed by atoms with Crippen molar-refractivity contribution in [1.29, 1.82) is 0 Å². The van der Waals surface area contributed by atoms with Gasteiger partial charge in [-0.1, -0.05) is 61.7 Å². The number of carbonyl (C=O) groups excluding carboxylic acids is 4. The van der Waals surface area contributed by atoms with Crippen molar-refractivity contribution in [1.82, 2.24) is 20.0 Å². The summed E-state index contributed by atoms with van der Waals surface area (Å²) in [6.07, 6.45) is 8.55. The summed E-state index contributed by atoms with van der Waals surface area (Å²) in [6, 6.07) is 16.5. The van der Waals surface area contributed by atoms with Crippen LogP contribution in [-0.4, -0.2) is 81.7 Å². The van der Waals surface area contributed by atoms with Crippen LogP contribution in [0.2, 0.25) is 0 Å². The molecule has 5 rings (SSSR count). The van der Waals surface area contributed by atoms with Crippen molar-refractivity contribution in [2.75, 3.05) is 26.2 Å². The molecule has 2 saturated heterocycles. The van der Waals surface area contributed by atoms with Crippen molar-refractivity contribution in [2.24, 2.45) is 5.92 Å². The average molecular weight is 575 g/mol. The summed E-state index contributed by atoms with van der Waals surface area (Å²) in [5.74, 6) is -1.29. The Morgan fingerprint density at radius 1 is 0.762 bits per heavy atom. The number of hydrogen-bond donors (Lipinski definition) is 2. The molecule has 224 valence electrons. The van der Waals surface area contributed by atoms with Crippen molar-refractivity contribution in [3.63, 3.8) is 0 Å². The highest BCUT2D eigenvalue weighted by Crippen LogP contribution is 2.28. The van der Waals surface area contributed by atoms with Gasteiger partial charge in [-0.2, -0.15) is 0 Å². The van der Waals surface area contributed by atoms with Gasteiger partial charge in [0.1, 0.15) is 5.75 Å². The number of phenolic OH excluding ortho intramolecular Hbond substituents is 1. The highest BCUT2D eigenvalue weighted by molar-refractivity contribution is 6.36. The van der Waals surface area contributed by atoms with Crippen molar-refractivity contribution in [3.05, 3.63) is 65.7 Å². The smallest absolute Gasteiger partial charge is 0.312 e. The van der Waals surface area contributed by atoms with E-state index in [2.05, 4.69) is 5.32 Å². The van der Waals surface area contributed by atoms with Crippen LogP contribution in [0.3, 0.4) is 0 Å². The van der Waals surface area contributed by atoms with E-state index in [-0.39, 0.29) is 17.8 Å². The molecular formula is C33H42N4O5. The third-order valence-corrected chi connectivity index (χ3v) is 9.00. The maximum absolute atomic E-state index is 13.4. The Balaban J connectivity index is 1.20. The first kappa shape index (κ1) is 29.6. The normalized spacial score (nSPS) is 22.0. The van der Waals surface area contributed by atoms with E-state index in [9.17, 15) is 24.3 Å². The van der Waals surface area contributed by atoms with Crippen LogP contribution < -0.4 is 5.32 Å². The molecule has 9 nitrogen and oxygen atoms in total. The number of benzene rings is 2. The average Bonchev–Trinajstić information content (AvgIpc) is 3.01. The molecule has 0 unspecified atom stereocenters. The minimum Gasteiger partial charge on any atom is -0.508 e. The Labute approximate surface area is 247 Å². The van der Waals surface area contributed by atoms with Crippen molar-refractivity contribution in [3.8, 4) is 5.75 Å². The second-order valence-corrected chi connectivity index (χ2v) is 12.0. The standard InChI is InChI=1S/C33H42N4O5/c38-29-16-14-24(15-17-29)19-28-23-35(32(41)33(42)37(28)22-26-11-5-2-6-12-26)18-8-7-13-27-20-34-30(39)31(40)36(27)21-25-9-3-1-4-10-25/h1,3-4,9-10,14-17,26-28,38H,2,5-8,11-13,18-23H2,(H,34,39)/t27-,28-/m0/s1. The molecule has 2 heterocycles. The Kier molecular flexibility index (Phi) is 9.77. The summed E-state index contributed by atoms with van der Waals surface area (Å²) in [6.45, 7) is 2.37. The van der Waals surface area contributed by atoms with Crippen molar-refractivity contribution in [2.45, 2.75) is 76.4 Å². The second kappa shape index (κ2) is 13.9. The Morgan fingerprint density at radius 3 is 2.24 bits per heavy atom. The summed E-state index contributed by atoms with van der Waals surface area (Å²) in [7, 11) is 0. The lowest BCUT2D eigenvalue weighted by Crippen LogP contribution is -2.61. The molecule has 0 radical (unpaired) electrons. The number of hydrogen-bond acceptors (Lipinski definition) is 5. The first-order valence-corrected chi connectivity index (χ1v) is 15.4. The van der Waals surface area contributed by atoms with Gasteiger partial charge in [-0.05, 0) is 67.7 Å². The Morgan fingerprint density at radius 2 is 1.50 bits per heavy atom. The highest BCUT2D eigenvalue weighted by atomic mass is 16.3. The minimum absolute atomic E-state index is 0.116.